The van der Waals surface area contributed by atoms with E-state index in [1.54, 1.807) is 0 Å². The quantitative estimate of drug-likeness (QED) is 0.234. The SMILES string of the molecule is CC(C)CCCCC(CC(=O)O)NCc1ccc(-c2noc(C3CCCCCCCC3)n2)c2ccccc12. The predicted octanol–water partition coefficient (Wildman–Crippen LogP) is 8.26. The van der Waals surface area contributed by atoms with E-state index in [-0.39, 0.29) is 12.5 Å². The van der Waals surface area contributed by atoms with Gasteiger partial charge in [-0.05, 0) is 41.5 Å². The van der Waals surface area contributed by atoms with Crippen molar-refractivity contribution in [3.63, 3.8) is 0 Å². The number of benzene rings is 2. The largest absolute Gasteiger partial charge is 0.481 e. The zero-order valence-corrected chi connectivity index (χ0v) is 23.3. The minimum atomic E-state index is -0.751. The van der Waals surface area contributed by atoms with Crippen molar-refractivity contribution in [3.8, 4) is 11.4 Å². The number of nitrogens with one attached hydrogen (secondary N) is 1. The second-order valence-corrected chi connectivity index (χ2v) is 11.5. The number of aromatic nitrogens is 2. The molecule has 1 aromatic heterocycles. The number of aliphatic carboxylic acids is 1. The number of carboxylic acids is 1. The lowest BCUT2D eigenvalue weighted by molar-refractivity contribution is -0.137. The number of carboxylic acid groups (broad SMARTS) is 1. The van der Waals surface area contributed by atoms with Crippen LogP contribution in [0.2, 0.25) is 0 Å². The highest BCUT2D eigenvalue weighted by Gasteiger charge is 2.21. The first-order valence-corrected chi connectivity index (χ1v) is 14.8. The Morgan fingerprint density at radius 2 is 1.66 bits per heavy atom. The van der Waals surface area contributed by atoms with Crippen molar-refractivity contribution in [2.45, 2.75) is 116 Å². The summed E-state index contributed by atoms with van der Waals surface area (Å²) in [6.07, 6.45) is 14.4. The lowest BCUT2D eigenvalue weighted by Gasteiger charge is -2.18. The van der Waals surface area contributed by atoms with E-state index in [2.05, 4.69) is 54.7 Å². The van der Waals surface area contributed by atoms with Crippen molar-refractivity contribution >= 4 is 16.7 Å². The second-order valence-electron chi connectivity index (χ2n) is 11.5. The molecule has 3 aromatic rings. The molecule has 0 amide bonds. The molecule has 0 bridgehead atoms. The Kier molecular flexibility index (Phi) is 10.7. The van der Waals surface area contributed by atoms with Gasteiger partial charge in [-0.15, -0.1) is 0 Å². The maximum atomic E-state index is 11.5. The topological polar surface area (TPSA) is 88.2 Å². The van der Waals surface area contributed by atoms with Crippen LogP contribution in [0.4, 0.5) is 0 Å². The summed E-state index contributed by atoms with van der Waals surface area (Å²) in [7, 11) is 0. The molecule has 1 atom stereocenters. The van der Waals surface area contributed by atoms with Gasteiger partial charge >= 0.3 is 5.97 Å². The molecule has 1 aliphatic rings. The molecule has 1 saturated carbocycles. The molecule has 0 saturated heterocycles. The van der Waals surface area contributed by atoms with Crippen LogP contribution in [0.15, 0.2) is 40.9 Å². The van der Waals surface area contributed by atoms with Crippen LogP contribution in [0.5, 0.6) is 0 Å². The van der Waals surface area contributed by atoms with Gasteiger partial charge < -0.3 is 14.9 Å². The fourth-order valence-corrected chi connectivity index (χ4v) is 5.79. The Balaban J connectivity index is 1.49. The Morgan fingerprint density at radius 1 is 0.974 bits per heavy atom. The predicted molar refractivity (Wildman–Crippen MR) is 153 cm³/mol. The van der Waals surface area contributed by atoms with Crippen LogP contribution in [0.3, 0.4) is 0 Å². The maximum absolute atomic E-state index is 11.5. The van der Waals surface area contributed by atoms with Gasteiger partial charge in [-0.1, -0.05) is 113 Å². The van der Waals surface area contributed by atoms with E-state index >= 15 is 0 Å². The van der Waals surface area contributed by atoms with Crippen molar-refractivity contribution < 1.29 is 14.4 Å². The minimum absolute atomic E-state index is 0.0363. The van der Waals surface area contributed by atoms with E-state index in [1.165, 1.54) is 44.9 Å². The van der Waals surface area contributed by atoms with Gasteiger partial charge in [0.05, 0.1) is 6.42 Å². The highest BCUT2D eigenvalue weighted by molar-refractivity contribution is 5.97. The molecule has 0 spiro atoms. The van der Waals surface area contributed by atoms with E-state index in [0.717, 1.165) is 59.9 Å². The van der Waals surface area contributed by atoms with Crippen LogP contribution in [0.1, 0.15) is 115 Å². The van der Waals surface area contributed by atoms with Crippen LogP contribution < -0.4 is 5.32 Å². The highest BCUT2D eigenvalue weighted by atomic mass is 16.5. The number of hydrogen-bond acceptors (Lipinski definition) is 5. The normalized spacial score (nSPS) is 16.3. The number of hydrogen-bond donors (Lipinski definition) is 2. The van der Waals surface area contributed by atoms with Gasteiger partial charge in [0.15, 0.2) is 0 Å². The summed E-state index contributed by atoms with van der Waals surface area (Å²) in [5.74, 6) is 1.73. The molecular formula is C32H45N3O3. The Hall–Kier alpha value is -2.73. The van der Waals surface area contributed by atoms with Crippen molar-refractivity contribution in [2.75, 3.05) is 0 Å². The zero-order valence-electron chi connectivity index (χ0n) is 23.3. The molecule has 6 nitrogen and oxygen atoms in total. The number of nitrogens with zero attached hydrogens (tertiary/aromatic N) is 2. The summed E-state index contributed by atoms with van der Waals surface area (Å²) >= 11 is 0. The fraction of sp³-hybridized carbons (Fsp3) is 0.594. The third-order valence-electron chi connectivity index (χ3n) is 7.99. The average molecular weight is 520 g/mol. The summed E-state index contributed by atoms with van der Waals surface area (Å²) in [6, 6.07) is 12.5. The van der Waals surface area contributed by atoms with Gasteiger partial charge in [0.1, 0.15) is 0 Å². The Bertz CT molecular complexity index is 1150. The molecule has 1 aliphatic carbocycles. The lowest BCUT2D eigenvalue weighted by atomic mass is 9.96. The summed E-state index contributed by atoms with van der Waals surface area (Å²) in [5, 5.41) is 19.6. The second kappa shape index (κ2) is 14.4. The summed E-state index contributed by atoms with van der Waals surface area (Å²) in [4.78, 5) is 16.4. The Morgan fingerprint density at radius 3 is 2.37 bits per heavy atom. The van der Waals surface area contributed by atoms with E-state index < -0.39 is 5.97 Å². The van der Waals surface area contributed by atoms with Crippen LogP contribution in [-0.2, 0) is 11.3 Å². The molecule has 1 unspecified atom stereocenters. The number of carbonyl (C=O) groups is 1. The standard InChI is InChI=1S/C32H45N3O3/c1-23(2)13-9-10-16-26(21-30(36)37)33-22-25-19-20-29(28-18-12-11-17-27(25)28)31-34-32(38-35-31)24-14-7-5-3-4-6-8-15-24/h11-12,17-20,23-24,26,33H,3-10,13-16,21-22H2,1-2H3,(H,36,37). The van der Waals surface area contributed by atoms with Gasteiger partial charge in [0, 0.05) is 24.1 Å². The number of unbranched alkanes of at least 4 members (excludes halogenated alkanes) is 1. The van der Waals surface area contributed by atoms with E-state index in [1.807, 2.05) is 6.07 Å². The summed E-state index contributed by atoms with van der Waals surface area (Å²) in [5.41, 5.74) is 2.14. The Labute approximate surface area is 227 Å². The molecule has 38 heavy (non-hydrogen) atoms. The van der Waals surface area contributed by atoms with Crippen LogP contribution >= 0.6 is 0 Å². The smallest absolute Gasteiger partial charge is 0.304 e. The van der Waals surface area contributed by atoms with E-state index in [0.29, 0.717) is 24.2 Å². The molecule has 0 radical (unpaired) electrons. The molecule has 1 heterocycles. The first-order chi connectivity index (χ1) is 18.5. The van der Waals surface area contributed by atoms with Gasteiger partial charge in [0.25, 0.3) is 0 Å². The fourth-order valence-electron chi connectivity index (χ4n) is 5.79. The van der Waals surface area contributed by atoms with Gasteiger partial charge in [-0.3, -0.25) is 4.79 Å². The molecule has 2 aromatic carbocycles. The lowest BCUT2D eigenvalue weighted by Crippen LogP contribution is -2.31. The molecule has 206 valence electrons. The van der Waals surface area contributed by atoms with Crippen molar-refractivity contribution in [3.05, 3.63) is 47.9 Å². The number of rotatable bonds is 12. The molecular weight excluding hydrogens is 474 g/mol. The van der Waals surface area contributed by atoms with Crippen molar-refractivity contribution in [2.24, 2.45) is 5.92 Å². The zero-order chi connectivity index (χ0) is 26.7. The van der Waals surface area contributed by atoms with Crippen molar-refractivity contribution in [1.29, 1.82) is 0 Å². The third-order valence-corrected chi connectivity index (χ3v) is 7.99. The van der Waals surface area contributed by atoms with E-state index in [9.17, 15) is 9.90 Å². The van der Waals surface area contributed by atoms with E-state index in [4.69, 9.17) is 9.51 Å². The maximum Gasteiger partial charge on any atom is 0.304 e. The third kappa shape index (κ3) is 8.13. The van der Waals surface area contributed by atoms with Crippen LogP contribution in [0.25, 0.3) is 22.2 Å². The first-order valence-electron chi connectivity index (χ1n) is 14.8. The average Bonchev–Trinajstić information content (AvgIpc) is 3.43. The monoisotopic (exact) mass is 519 g/mol. The molecule has 6 heteroatoms. The van der Waals surface area contributed by atoms with Gasteiger partial charge in [0.2, 0.25) is 11.7 Å². The highest BCUT2D eigenvalue weighted by Crippen LogP contribution is 2.33. The molecule has 0 aliphatic heterocycles. The number of fused-ring (bicyclic) bond motifs is 1. The summed E-state index contributed by atoms with van der Waals surface area (Å²) < 4.78 is 5.82. The van der Waals surface area contributed by atoms with Gasteiger partial charge in [-0.2, -0.15) is 4.98 Å². The van der Waals surface area contributed by atoms with Gasteiger partial charge in [-0.25, -0.2) is 0 Å². The summed E-state index contributed by atoms with van der Waals surface area (Å²) in [6.45, 7) is 5.09. The molecule has 4 rings (SSSR count). The molecule has 2 N–H and O–H groups in total. The van der Waals surface area contributed by atoms with Crippen LogP contribution in [0, 0.1) is 5.92 Å². The van der Waals surface area contributed by atoms with Crippen LogP contribution in [-0.4, -0.2) is 27.3 Å². The van der Waals surface area contributed by atoms with Crippen molar-refractivity contribution in [1.82, 2.24) is 15.5 Å². The molecule has 1 fully saturated rings. The minimum Gasteiger partial charge on any atom is -0.481 e. The first kappa shape index (κ1) is 28.3.